The van der Waals surface area contributed by atoms with Crippen LogP contribution in [0.25, 0.3) is 0 Å². The van der Waals surface area contributed by atoms with Crippen molar-refractivity contribution in [3.05, 3.63) is 0 Å². The zero-order valence-electron chi connectivity index (χ0n) is 6.49. The summed E-state index contributed by atoms with van der Waals surface area (Å²) >= 11 is 0. The molecule has 0 radical (unpaired) electrons. The van der Waals surface area contributed by atoms with Crippen molar-refractivity contribution in [2.45, 2.75) is 25.3 Å². The molecule has 11 heavy (non-hydrogen) atoms. The molecular formula is C8H14N2O. The minimum absolute atomic E-state index is 0.124. The Bertz CT molecular complexity index is 193. The molecule has 4 unspecified atom stereocenters. The Morgan fingerprint density at radius 2 is 2.00 bits per heavy atom. The average Bonchev–Trinajstić information content (AvgIpc) is 2.26. The van der Waals surface area contributed by atoms with E-state index in [1.807, 2.05) is 0 Å². The summed E-state index contributed by atoms with van der Waals surface area (Å²) < 4.78 is 0. The zero-order chi connectivity index (χ0) is 8.01. The number of fused-ring (bicyclic) bond motifs is 1. The van der Waals surface area contributed by atoms with Crippen molar-refractivity contribution < 1.29 is 4.79 Å². The van der Waals surface area contributed by atoms with E-state index in [1.165, 1.54) is 0 Å². The van der Waals surface area contributed by atoms with Gasteiger partial charge in [0.1, 0.15) is 0 Å². The van der Waals surface area contributed by atoms with Gasteiger partial charge in [-0.25, -0.2) is 0 Å². The van der Waals surface area contributed by atoms with Gasteiger partial charge in [-0.15, -0.1) is 0 Å². The topological polar surface area (TPSA) is 69.1 Å². The fourth-order valence-corrected chi connectivity index (χ4v) is 2.51. The van der Waals surface area contributed by atoms with Gasteiger partial charge in [-0.2, -0.15) is 0 Å². The molecule has 62 valence electrons. The lowest BCUT2D eigenvalue weighted by Gasteiger charge is -2.37. The molecule has 2 saturated carbocycles. The standard InChI is InChI=1S/C8H14N2O/c9-7-3-4-1-5(8(10)11)2-6(4)7/h4-7H,1-3,9H2,(H2,10,11). The molecule has 0 aromatic heterocycles. The molecule has 3 nitrogen and oxygen atoms in total. The number of hydrogen-bond donors (Lipinski definition) is 2. The van der Waals surface area contributed by atoms with Gasteiger partial charge in [0.05, 0.1) is 0 Å². The van der Waals surface area contributed by atoms with Crippen LogP contribution in [0.2, 0.25) is 0 Å². The Kier molecular flexibility index (Phi) is 1.42. The van der Waals surface area contributed by atoms with E-state index in [9.17, 15) is 4.79 Å². The van der Waals surface area contributed by atoms with E-state index in [0.29, 0.717) is 17.9 Å². The first kappa shape index (κ1) is 7.10. The van der Waals surface area contributed by atoms with E-state index in [0.717, 1.165) is 19.3 Å². The fourth-order valence-electron chi connectivity index (χ4n) is 2.51. The lowest BCUT2D eigenvalue weighted by atomic mass is 9.72. The number of rotatable bonds is 1. The summed E-state index contributed by atoms with van der Waals surface area (Å²) in [5.41, 5.74) is 11.0. The van der Waals surface area contributed by atoms with E-state index in [4.69, 9.17) is 11.5 Å². The second kappa shape index (κ2) is 2.21. The summed E-state index contributed by atoms with van der Waals surface area (Å²) in [4.78, 5) is 10.8. The van der Waals surface area contributed by atoms with Crippen molar-refractivity contribution in [2.75, 3.05) is 0 Å². The van der Waals surface area contributed by atoms with E-state index in [1.54, 1.807) is 0 Å². The van der Waals surface area contributed by atoms with Gasteiger partial charge >= 0.3 is 0 Å². The third-order valence-electron chi connectivity index (χ3n) is 3.28. The molecule has 3 heteroatoms. The first-order valence-electron chi connectivity index (χ1n) is 4.23. The summed E-state index contributed by atoms with van der Waals surface area (Å²) in [7, 11) is 0. The van der Waals surface area contributed by atoms with Gasteiger partial charge in [0.15, 0.2) is 0 Å². The Labute approximate surface area is 66.1 Å². The second-order valence-corrected chi connectivity index (χ2v) is 3.89. The second-order valence-electron chi connectivity index (χ2n) is 3.89. The summed E-state index contributed by atoms with van der Waals surface area (Å²) in [6.45, 7) is 0. The molecule has 0 heterocycles. The van der Waals surface area contributed by atoms with Crippen molar-refractivity contribution in [3.8, 4) is 0 Å². The molecule has 0 bridgehead atoms. The highest BCUT2D eigenvalue weighted by Gasteiger charge is 2.47. The van der Waals surface area contributed by atoms with Crippen LogP contribution in [0.4, 0.5) is 0 Å². The normalized spacial score (nSPS) is 48.1. The van der Waals surface area contributed by atoms with Crippen LogP contribution >= 0.6 is 0 Å². The van der Waals surface area contributed by atoms with Gasteiger partial charge in [0.2, 0.25) is 5.91 Å². The summed E-state index contributed by atoms with van der Waals surface area (Å²) in [6, 6.07) is 0.351. The minimum atomic E-state index is -0.133. The molecule has 0 saturated heterocycles. The molecule has 2 aliphatic rings. The highest BCUT2D eigenvalue weighted by atomic mass is 16.1. The highest BCUT2D eigenvalue weighted by Crippen LogP contribution is 2.48. The maximum absolute atomic E-state index is 10.8. The number of carbonyl (C=O) groups excluding carboxylic acids is 1. The van der Waals surface area contributed by atoms with Crippen LogP contribution in [-0.4, -0.2) is 11.9 Å². The van der Waals surface area contributed by atoms with Crippen molar-refractivity contribution in [3.63, 3.8) is 0 Å². The molecule has 0 aromatic rings. The van der Waals surface area contributed by atoms with Crippen LogP contribution in [0.15, 0.2) is 0 Å². The molecular weight excluding hydrogens is 140 g/mol. The molecule has 2 fully saturated rings. The lowest BCUT2D eigenvalue weighted by Crippen LogP contribution is -2.44. The third-order valence-corrected chi connectivity index (χ3v) is 3.28. The first-order chi connectivity index (χ1) is 5.18. The molecule has 4 N–H and O–H groups in total. The number of carbonyl (C=O) groups is 1. The number of primary amides is 1. The van der Waals surface area contributed by atoms with Crippen LogP contribution in [-0.2, 0) is 4.79 Å². The predicted octanol–water partition coefficient (Wildman–Crippen LogP) is -0.155. The van der Waals surface area contributed by atoms with Crippen LogP contribution < -0.4 is 11.5 Å². The Balaban J connectivity index is 1.98. The largest absolute Gasteiger partial charge is 0.369 e. The van der Waals surface area contributed by atoms with Gasteiger partial charge in [0, 0.05) is 12.0 Å². The Hall–Kier alpha value is -0.570. The number of nitrogens with two attached hydrogens (primary N) is 2. The van der Waals surface area contributed by atoms with E-state index >= 15 is 0 Å². The fraction of sp³-hybridized carbons (Fsp3) is 0.875. The van der Waals surface area contributed by atoms with Crippen molar-refractivity contribution in [1.29, 1.82) is 0 Å². The number of hydrogen-bond acceptors (Lipinski definition) is 2. The Morgan fingerprint density at radius 3 is 2.45 bits per heavy atom. The lowest BCUT2D eigenvalue weighted by molar-refractivity contribution is -0.121. The minimum Gasteiger partial charge on any atom is -0.369 e. The molecule has 1 amide bonds. The van der Waals surface area contributed by atoms with Crippen LogP contribution in [0, 0.1) is 17.8 Å². The van der Waals surface area contributed by atoms with Crippen molar-refractivity contribution in [2.24, 2.45) is 29.2 Å². The zero-order valence-corrected chi connectivity index (χ0v) is 6.49. The summed E-state index contributed by atoms with van der Waals surface area (Å²) in [5, 5.41) is 0. The SMILES string of the molecule is NC(=O)C1CC2CC(N)C2C1. The summed E-state index contributed by atoms with van der Waals surface area (Å²) in [6.07, 6.45) is 3.04. The number of amides is 1. The molecule has 0 aromatic carbocycles. The maximum atomic E-state index is 10.8. The van der Waals surface area contributed by atoms with E-state index in [2.05, 4.69) is 0 Å². The highest BCUT2D eigenvalue weighted by molar-refractivity contribution is 5.77. The van der Waals surface area contributed by atoms with Gasteiger partial charge in [0.25, 0.3) is 0 Å². The summed E-state index contributed by atoms with van der Waals surface area (Å²) in [5.74, 6) is 1.31. The molecule has 0 spiro atoms. The van der Waals surface area contributed by atoms with Crippen LogP contribution in [0.1, 0.15) is 19.3 Å². The molecule has 2 rings (SSSR count). The Morgan fingerprint density at radius 1 is 1.27 bits per heavy atom. The van der Waals surface area contributed by atoms with Crippen molar-refractivity contribution in [1.82, 2.24) is 0 Å². The quantitative estimate of drug-likeness (QED) is 0.551. The smallest absolute Gasteiger partial charge is 0.220 e. The van der Waals surface area contributed by atoms with E-state index < -0.39 is 0 Å². The van der Waals surface area contributed by atoms with Crippen LogP contribution in [0.5, 0.6) is 0 Å². The van der Waals surface area contributed by atoms with Gasteiger partial charge in [-0.1, -0.05) is 0 Å². The maximum Gasteiger partial charge on any atom is 0.220 e. The van der Waals surface area contributed by atoms with Gasteiger partial charge in [-0.05, 0) is 31.1 Å². The third kappa shape index (κ3) is 0.948. The van der Waals surface area contributed by atoms with E-state index in [-0.39, 0.29) is 11.8 Å². The average molecular weight is 154 g/mol. The monoisotopic (exact) mass is 154 g/mol. The molecule has 4 atom stereocenters. The first-order valence-corrected chi connectivity index (χ1v) is 4.23. The molecule has 2 aliphatic carbocycles. The molecule has 0 aliphatic heterocycles. The predicted molar refractivity (Wildman–Crippen MR) is 41.5 cm³/mol. The van der Waals surface area contributed by atoms with Crippen molar-refractivity contribution >= 4 is 5.91 Å². The van der Waals surface area contributed by atoms with Gasteiger partial charge < -0.3 is 11.5 Å². The van der Waals surface area contributed by atoms with Gasteiger partial charge in [-0.3, -0.25) is 4.79 Å². The van der Waals surface area contributed by atoms with Crippen LogP contribution in [0.3, 0.4) is 0 Å².